The molecule has 1 heteroatoms. The number of hydrogen-bond acceptors (Lipinski definition) is 1. The largest absolute Gasteiger partial charge is 0.382 e. The van der Waals surface area contributed by atoms with Crippen LogP contribution in [0.1, 0.15) is 13.3 Å². The van der Waals surface area contributed by atoms with Crippen molar-refractivity contribution in [1.29, 1.82) is 0 Å². The van der Waals surface area contributed by atoms with Crippen molar-refractivity contribution >= 4 is 0 Å². The van der Waals surface area contributed by atoms with Gasteiger partial charge in [-0.2, -0.15) is 0 Å². The van der Waals surface area contributed by atoms with Crippen molar-refractivity contribution in [3.05, 3.63) is 6.92 Å². The molecule has 1 nitrogen and oxygen atoms in total. The number of hydrogen-bond donors (Lipinski definition) is 0. The summed E-state index contributed by atoms with van der Waals surface area (Å²) in [6, 6.07) is 0. The highest BCUT2D eigenvalue weighted by atomic mass is 16.5. The molecule has 0 saturated heterocycles. The molecule has 0 aromatic heterocycles. The van der Waals surface area contributed by atoms with Gasteiger partial charge >= 0.3 is 0 Å². The highest BCUT2D eigenvalue weighted by Gasteiger charge is 1.88. The van der Waals surface area contributed by atoms with E-state index in [1.165, 1.54) is 0 Å². The molecule has 0 N–H and O–H groups in total. The van der Waals surface area contributed by atoms with E-state index >= 15 is 0 Å². The zero-order valence-corrected chi connectivity index (χ0v) is 4.27. The lowest BCUT2D eigenvalue weighted by molar-refractivity contribution is 0.120. The molecule has 1 atom stereocenters. The van der Waals surface area contributed by atoms with E-state index in [1.807, 2.05) is 6.92 Å². The van der Waals surface area contributed by atoms with E-state index < -0.39 is 0 Å². The Bertz CT molecular complexity index is 23.1. The first-order valence-corrected chi connectivity index (χ1v) is 2.04. The first-order valence-electron chi connectivity index (χ1n) is 2.04. The summed E-state index contributed by atoms with van der Waals surface area (Å²) in [6.07, 6.45) is 0.821. The quantitative estimate of drug-likeness (QED) is 0.489. The van der Waals surface area contributed by atoms with Crippen molar-refractivity contribution < 1.29 is 4.74 Å². The van der Waals surface area contributed by atoms with Crippen molar-refractivity contribution in [3.8, 4) is 0 Å². The van der Waals surface area contributed by atoms with Crippen LogP contribution in [0, 0.1) is 6.92 Å². The molecule has 0 bridgehead atoms. The Morgan fingerprint density at radius 2 is 2.33 bits per heavy atom. The van der Waals surface area contributed by atoms with Gasteiger partial charge in [0, 0.05) is 7.11 Å². The molecule has 0 aromatic carbocycles. The van der Waals surface area contributed by atoms with Gasteiger partial charge in [0.05, 0.1) is 6.10 Å². The molecule has 2 radical (unpaired) electrons. The van der Waals surface area contributed by atoms with Crippen LogP contribution < -0.4 is 0 Å². The predicted octanol–water partition coefficient (Wildman–Crippen LogP) is 1.12. The second kappa shape index (κ2) is 3.16. The lowest BCUT2D eigenvalue weighted by Gasteiger charge is -2.01. The van der Waals surface area contributed by atoms with Crippen molar-refractivity contribution in [1.82, 2.24) is 0 Å². The summed E-state index contributed by atoms with van der Waals surface area (Å²) < 4.78 is 4.77. The van der Waals surface area contributed by atoms with Crippen molar-refractivity contribution in [2.75, 3.05) is 7.11 Å². The van der Waals surface area contributed by atoms with Gasteiger partial charge in [0.2, 0.25) is 0 Å². The van der Waals surface area contributed by atoms with Crippen molar-refractivity contribution in [2.24, 2.45) is 0 Å². The molecular formula is C5H10O. The van der Waals surface area contributed by atoms with Gasteiger partial charge in [0.15, 0.2) is 0 Å². The van der Waals surface area contributed by atoms with E-state index in [2.05, 4.69) is 0 Å². The fraction of sp³-hybridized carbons (Fsp3) is 0.800. The van der Waals surface area contributed by atoms with Crippen molar-refractivity contribution in [2.45, 2.75) is 19.4 Å². The molecule has 0 spiro atoms. The van der Waals surface area contributed by atoms with Gasteiger partial charge in [0.1, 0.15) is 0 Å². The van der Waals surface area contributed by atoms with Crippen LogP contribution in [0.25, 0.3) is 0 Å². The monoisotopic (exact) mass is 86.1 g/mol. The van der Waals surface area contributed by atoms with E-state index in [0.717, 1.165) is 0 Å². The van der Waals surface area contributed by atoms with Gasteiger partial charge in [-0.25, -0.2) is 0 Å². The first kappa shape index (κ1) is 5.96. The number of ether oxygens (including phenoxy) is 1. The fourth-order valence-corrected chi connectivity index (χ4v) is 0.0962. The third kappa shape index (κ3) is 2.21. The molecule has 0 fully saturated rings. The van der Waals surface area contributed by atoms with Crippen LogP contribution in [-0.4, -0.2) is 13.2 Å². The van der Waals surface area contributed by atoms with Crippen LogP contribution in [0.5, 0.6) is 0 Å². The van der Waals surface area contributed by atoms with E-state index in [4.69, 9.17) is 11.7 Å². The van der Waals surface area contributed by atoms with Crippen LogP contribution in [0.4, 0.5) is 0 Å². The summed E-state index contributed by atoms with van der Waals surface area (Å²) >= 11 is 0. The summed E-state index contributed by atoms with van der Waals surface area (Å²) in [5, 5.41) is 0. The lowest BCUT2D eigenvalue weighted by atomic mass is 10.3. The molecule has 0 aliphatic rings. The van der Waals surface area contributed by atoms with Gasteiger partial charge < -0.3 is 4.74 Å². The summed E-state index contributed by atoms with van der Waals surface area (Å²) in [7, 11) is 1.65. The third-order valence-corrected chi connectivity index (χ3v) is 0.734. The highest BCUT2D eigenvalue weighted by Crippen LogP contribution is 1.89. The standard InChI is InChI=1S/C5H10O/c1-4-5(2)6-3/h1,5H,4H2,2-3H3. The summed E-state index contributed by atoms with van der Waals surface area (Å²) in [5.74, 6) is 0. The summed E-state index contributed by atoms with van der Waals surface area (Å²) in [4.78, 5) is 0. The Labute approximate surface area is 39.3 Å². The van der Waals surface area contributed by atoms with Crippen molar-refractivity contribution in [3.63, 3.8) is 0 Å². The van der Waals surface area contributed by atoms with E-state index in [0.29, 0.717) is 6.42 Å². The number of methoxy groups -OCH3 is 1. The molecule has 0 heterocycles. The number of rotatable bonds is 2. The molecule has 0 aliphatic carbocycles. The Hall–Kier alpha value is -0.0400. The SMILES string of the molecule is [CH]CC(C)OC. The zero-order chi connectivity index (χ0) is 4.99. The molecule has 0 aliphatic heterocycles. The fourth-order valence-electron chi connectivity index (χ4n) is 0.0962. The minimum atomic E-state index is 0.213. The second-order valence-electron chi connectivity index (χ2n) is 1.28. The van der Waals surface area contributed by atoms with E-state index in [9.17, 15) is 0 Å². The lowest BCUT2D eigenvalue weighted by Crippen LogP contribution is -2.00. The first-order chi connectivity index (χ1) is 2.81. The maximum Gasteiger partial charge on any atom is 0.0546 e. The Morgan fingerprint density at radius 1 is 1.83 bits per heavy atom. The molecule has 36 valence electrons. The molecule has 6 heavy (non-hydrogen) atoms. The van der Waals surface area contributed by atoms with E-state index in [-0.39, 0.29) is 6.10 Å². The average Bonchev–Trinajstić information content (AvgIpc) is 1.65. The highest BCUT2D eigenvalue weighted by molar-refractivity contribution is 4.47. The summed E-state index contributed by atoms with van der Waals surface area (Å²) in [6.45, 7) is 7.09. The van der Waals surface area contributed by atoms with Gasteiger partial charge in [-0.1, -0.05) is 0 Å². The topological polar surface area (TPSA) is 9.23 Å². The molecular weight excluding hydrogens is 76.1 g/mol. The third-order valence-electron chi connectivity index (χ3n) is 0.734. The molecule has 0 amide bonds. The maximum absolute atomic E-state index is 5.16. The molecule has 0 rings (SSSR count). The van der Waals surface area contributed by atoms with Crippen LogP contribution in [-0.2, 0) is 4.74 Å². The van der Waals surface area contributed by atoms with Crippen LogP contribution in [0.15, 0.2) is 0 Å². The summed E-state index contributed by atoms with van der Waals surface area (Å²) in [5.41, 5.74) is 0. The average molecular weight is 86.1 g/mol. The Balaban J connectivity index is 2.75. The minimum Gasteiger partial charge on any atom is -0.382 e. The molecule has 0 aromatic rings. The smallest absolute Gasteiger partial charge is 0.0546 e. The van der Waals surface area contributed by atoms with Crippen LogP contribution >= 0.6 is 0 Å². The zero-order valence-electron chi connectivity index (χ0n) is 4.27. The molecule has 1 unspecified atom stereocenters. The predicted molar refractivity (Wildman–Crippen MR) is 25.4 cm³/mol. The Kier molecular flexibility index (Phi) is 3.14. The van der Waals surface area contributed by atoms with Crippen LogP contribution in [0.2, 0.25) is 0 Å². The second-order valence-corrected chi connectivity index (χ2v) is 1.28. The normalized spacial score (nSPS) is 14.5. The van der Waals surface area contributed by atoms with E-state index in [1.54, 1.807) is 7.11 Å². The van der Waals surface area contributed by atoms with Gasteiger partial charge in [-0.15, -0.1) is 0 Å². The minimum absolute atomic E-state index is 0.213. The Morgan fingerprint density at radius 3 is 2.33 bits per heavy atom. The van der Waals surface area contributed by atoms with Gasteiger partial charge in [0.25, 0.3) is 0 Å². The van der Waals surface area contributed by atoms with Crippen LogP contribution in [0.3, 0.4) is 0 Å². The maximum atomic E-state index is 5.16. The molecule has 0 saturated carbocycles. The van der Waals surface area contributed by atoms with Gasteiger partial charge in [-0.3, -0.25) is 0 Å². The van der Waals surface area contributed by atoms with Gasteiger partial charge in [-0.05, 0) is 20.3 Å².